The lowest BCUT2D eigenvalue weighted by Gasteiger charge is -2.11. The molecule has 1 aromatic carbocycles. The third-order valence-corrected chi connectivity index (χ3v) is 5.01. The molecule has 0 unspecified atom stereocenters. The smallest absolute Gasteiger partial charge is 0.191 e. The highest BCUT2D eigenvalue weighted by Gasteiger charge is 2.06. The molecule has 138 valence electrons. The highest BCUT2D eigenvalue weighted by atomic mass is 127. The van der Waals surface area contributed by atoms with Crippen molar-refractivity contribution >= 4 is 39.8 Å². The molecule has 0 heterocycles. The van der Waals surface area contributed by atoms with Gasteiger partial charge in [0.1, 0.15) is 5.75 Å². The number of benzene rings is 1. The molecular formula is C16H28IN3O3S. The molecule has 0 saturated carbocycles. The maximum atomic E-state index is 11.5. The Hall–Kier alpha value is -1.03. The van der Waals surface area contributed by atoms with Gasteiger partial charge in [0, 0.05) is 18.8 Å². The minimum absolute atomic E-state index is 0. The molecule has 0 amide bonds. The zero-order valence-electron chi connectivity index (χ0n) is 14.5. The number of guanidine groups is 1. The zero-order valence-corrected chi connectivity index (χ0v) is 17.7. The Balaban J connectivity index is 0.00000529. The van der Waals surface area contributed by atoms with Gasteiger partial charge in [-0.05, 0) is 31.0 Å². The summed E-state index contributed by atoms with van der Waals surface area (Å²) < 4.78 is 28.1. The van der Waals surface area contributed by atoms with Crippen molar-refractivity contribution in [2.24, 2.45) is 4.99 Å². The van der Waals surface area contributed by atoms with Gasteiger partial charge in [0.25, 0.3) is 0 Å². The van der Waals surface area contributed by atoms with E-state index in [0.29, 0.717) is 5.96 Å². The normalized spacial score (nSPS) is 11.5. The van der Waals surface area contributed by atoms with Gasteiger partial charge in [0.2, 0.25) is 0 Å². The number of rotatable bonds is 9. The first-order valence-corrected chi connectivity index (χ1v) is 9.68. The summed E-state index contributed by atoms with van der Waals surface area (Å²) in [4.78, 5) is 4.30. The van der Waals surface area contributed by atoms with E-state index in [4.69, 9.17) is 4.74 Å². The zero-order chi connectivity index (χ0) is 17.1. The van der Waals surface area contributed by atoms with E-state index < -0.39 is 9.84 Å². The molecule has 0 radical (unpaired) electrons. The Labute approximate surface area is 162 Å². The van der Waals surface area contributed by atoms with Crippen LogP contribution in [-0.2, 0) is 16.3 Å². The van der Waals surface area contributed by atoms with Crippen LogP contribution in [0.4, 0.5) is 0 Å². The Morgan fingerprint density at radius 3 is 2.38 bits per heavy atom. The van der Waals surface area contributed by atoms with Crippen LogP contribution < -0.4 is 15.4 Å². The SMILES string of the molecule is CCNC(=NCCS(=O)(=O)CC)NCCc1ccc(OC)cc1.I. The number of aliphatic imine (C=N–C) groups is 1. The van der Waals surface area contributed by atoms with Crippen LogP contribution >= 0.6 is 24.0 Å². The van der Waals surface area contributed by atoms with Gasteiger partial charge in [0.15, 0.2) is 15.8 Å². The molecule has 24 heavy (non-hydrogen) atoms. The summed E-state index contributed by atoms with van der Waals surface area (Å²) >= 11 is 0. The maximum absolute atomic E-state index is 11.5. The van der Waals surface area contributed by atoms with Gasteiger partial charge in [0.05, 0.1) is 19.4 Å². The van der Waals surface area contributed by atoms with Crippen molar-refractivity contribution in [1.82, 2.24) is 10.6 Å². The number of nitrogens with one attached hydrogen (secondary N) is 2. The second-order valence-corrected chi connectivity index (χ2v) is 7.49. The van der Waals surface area contributed by atoms with Crippen LogP contribution in [0, 0.1) is 0 Å². The van der Waals surface area contributed by atoms with Crippen LogP contribution in [-0.4, -0.2) is 52.6 Å². The van der Waals surface area contributed by atoms with E-state index in [1.165, 1.54) is 5.56 Å². The lowest BCUT2D eigenvalue weighted by Crippen LogP contribution is -2.38. The average Bonchev–Trinajstić information content (AvgIpc) is 2.55. The number of sulfone groups is 1. The summed E-state index contributed by atoms with van der Waals surface area (Å²) in [6.45, 7) is 5.35. The Kier molecular flexibility index (Phi) is 11.8. The molecule has 0 aliphatic carbocycles. The second kappa shape index (κ2) is 12.3. The molecule has 2 N–H and O–H groups in total. The number of hydrogen-bond acceptors (Lipinski definition) is 4. The number of hydrogen-bond donors (Lipinski definition) is 2. The van der Waals surface area contributed by atoms with Crippen LogP contribution in [0.1, 0.15) is 19.4 Å². The van der Waals surface area contributed by atoms with Crippen LogP contribution in [0.25, 0.3) is 0 Å². The highest BCUT2D eigenvalue weighted by Crippen LogP contribution is 2.11. The Morgan fingerprint density at radius 2 is 1.83 bits per heavy atom. The quantitative estimate of drug-likeness (QED) is 0.328. The molecular weight excluding hydrogens is 441 g/mol. The van der Waals surface area contributed by atoms with Gasteiger partial charge >= 0.3 is 0 Å². The van der Waals surface area contributed by atoms with E-state index in [2.05, 4.69) is 15.6 Å². The van der Waals surface area contributed by atoms with E-state index in [0.717, 1.165) is 25.3 Å². The Bertz CT molecular complexity index is 589. The molecule has 1 rings (SSSR count). The van der Waals surface area contributed by atoms with E-state index >= 15 is 0 Å². The summed E-state index contributed by atoms with van der Waals surface area (Å²) in [5.41, 5.74) is 1.20. The van der Waals surface area contributed by atoms with Gasteiger partial charge in [-0.1, -0.05) is 19.1 Å². The topological polar surface area (TPSA) is 79.8 Å². The summed E-state index contributed by atoms with van der Waals surface area (Å²) in [7, 11) is -1.33. The monoisotopic (exact) mass is 469 g/mol. The molecule has 0 fully saturated rings. The fourth-order valence-corrected chi connectivity index (χ4v) is 2.56. The van der Waals surface area contributed by atoms with Gasteiger partial charge in [-0.25, -0.2) is 8.42 Å². The summed E-state index contributed by atoms with van der Waals surface area (Å²) in [6, 6.07) is 7.92. The molecule has 0 saturated heterocycles. The van der Waals surface area contributed by atoms with Gasteiger partial charge in [-0.2, -0.15) is 0 Å². The van der Waals surface area contributed by atoms with E-state index in [1.807, 2.05) is 31.2 Å². The van der Waals surface area contributed by atoms with Gasteiger partial charge in [-0.3, -0.25) is 4.99 Å². The maximum Gasteiger partial charge on any atom is 0.191 e. The molecule has 6 nitrogen and oxygen atoms in total. The van der Waals surface area contributed by atoms with Crippen molar-refractivity contribution in [2.45, 2.75) is 20.3 Å². The number of ether oxygens (including phenoxy) is 1. The van der Waals surface area contributed by atoms with Crippen molar-refractivity contribution in [3.63, 3.8) is 0 Å². The second-order valence-electron chi connectivity index (χ2n) is 5.02. The molecule has 0 spiro atoms. The molecule has 1 aromatic rings. The van der Waals surface area contributed by atoms with Crippen LogP contribution in [0.5, 0.6) is 5.75 Å². The van der Waals surface area contributed by atoms with Crippen molar-refractivity contribution in [1.29, 1.82) is 0 Å². The largest absolute Gasteiger partial charge is 0.497 e. The highest BCUT2D eigenvalue weighted by molar-refractivity contribution is 14.0. The predicted octanol–water partition coefficient (Wildman–Crippen LogP) is 1.85. The lowest BCUT2D eigenvalue weighted by molar-refractivity contribution is 0.414. The number of halogens is 1. The molecule has 0 bridgehead atoms. The van der Waals surface area contributed by atoms with Crippen LogP contribution in [0.2, 0.25) is 0 Å². The van der Waals surface area contributed by atoms with Crippen molar-refractivity contribution < 1.29 is 13.2 Å². The minimum Gasteiger partial charge on any atom is -0.497 e. The minimum atomic E-state index is -2.97. The summed E-state index contributed by atoms with van der Waals surface area (Å²) in [5, 5.41) is 6.33. The van der Waals surface area contributed by atoms with E-state index in [9.17, 15) is 8.42 Å². The van der Waals surface area contributed by atoms with Crippen molar-refractivity contribution in [3.05, 3.63) is 29.8 Å². The van der Waals surface area contributed by atoms with Crippen LogP contribution in [0.15, 0.2) is 29.3 Å². The number of methoxy groups -OCH3 is 1. The van der Waals surface area contributed by atoms with E-state index in [-0.39, 0.29) is 42.0 Å². The standard InChI is InChI=1S/C16H27N3O3S.HI/c1-4-17-16(19-12-13-23(20,21)5-2)18-11-10-14-6-8-15(22-3)9-7-14;/h6-9H,4-5,10-13H2,1-3H3,(H2,17,18,19);1H. The van der Waals surface area contributed by atoms with Crippen molar-refractivity contribution in [2.75, 3.05) is 38.2 Å². The first-order chi connectivity index (χ1) is 11.0. The predicted molar refractivity (Wildman–Crippen MR) is 110 cm³/mol. The first-order valence-electron chi connectivity index (χ1n) is 7.86. The third-order valence-electron chi connectivity index (χ3n) is 3.32. The summed E-state index contributed by atoms with van der Waals surface area (Å²) in [6.07, 6.45) is 0.849. The van der Waals surface area contributed by atoms with Crippen LogP contribution in [0.3, 0.4) is 0 Å². The first kappa shape index (κ1) is 23.0. The molecule has 0 aliphatic heterocycles. The lowest BCUT2D eigenvalue weighted by atomic mass is 10.1. The third kappa shape index (κ3) is 9.31. The molecule has 0 atom stereocenters. The summed E-state index contributed by atoms with van der Waals surface area (Å²) in [5.74, 6) is 1.73. The van der Waals surface area contributed by atoms with E-state index in [1.54, 1.807) is 14.0 Å². The molecule has 0 aromatic heterocycles. The fourth-order valence-electron chi connectivity index (χ4n) is 1.90. The molecule has 0 aliphatic rings. The van der Waals surface area contributed by atoms with Gasteiger partial charge in [-0.15, -0.1) is 24.0 Å². The Morgan fingerprint density at radius 1 is 1.17 bits per heavy atom. The van der Waals surface area contributed by atoms with Crippen molar-refractivity contribution in [3.8, 4) is 5.75 Å². The van der Waals surface area contributed by atoms with Gasteiger partial charge < -0.3 is 15.4 Å². The average molecular weight is 469 g/mol. The fraction of sp³-hybridized carbons (Fsp3) is 0.562. The molecule has 8 heteroatoms. The number of nitrogens with zero attached hydrogens (tertiary/aromatic N) is 1.